The Kier molecular flexibility index (Phi) is 3.65. The van der Waals surface area contributed by atoms with E-state index in [4.69, 9.17) is 5.26 Å². The summed E-state index contributed by atoms with van der Waals surface area (Å²) in [6.45, 7) is 2.60. The van der Waals surface area contributed by atoms with Crippen LogP contribution in [0.2, 0.25) is 0 Å². The van der Waals surface area contributed by atoms with Crippen LogP contribution in [-0.2, 0) is 6.18 Å². The topological polar surface area (TPSA) is 47.3 Å². The lowest BCUT2D eigenvalue weighted by molar-refractivity contribution is -0.137. The number of hydrogen-bond acceptors (Lipinski definition) is 3. The van der Waals surface area contributed by atoms with Crippen molar-refractivity contribution in [3.05, 3.63) is 29.3 Å². The first-order valence-electron chi connectivity index (χ1n) is 6.38. The van der Waals surface area contributed by atoms with Crippen LogP contribution in [0.25, 0.3) is 0 Å². The van der Waals surface area contributed by atoms with Gasteiger partial charge in [0.2, 0.25) is 0 Å². The molecule has 3 nitrogen and oxygen atoms in total. The highest BCUT2D eigenvalue weighted by atomic mass is 19.4. The zero-order valence-electron chi connectivity index (χ0n) is 11.0. The summed E-state index contributed by atoms with van der Waals surface area (Å²) in [5, 5.41) is 18.8. The Bertz CT molecular complexity index is 542. The number of β-amino-alcohol motifs (C(OH)–C–C–N with tert-alkyl or cyclic N) is 1. The fourth-order valence-electron chi connectivity index (χ4n) is 2.53. The molecule has 0 bridgehead atoms. The predicted molar refractivity (Wildman–Crippen MR) is 68.2 cm³/mol. The zero-order valence-corrected chi connectivity index (χ0v) is 11.0. The molecule has 108 valence electrons. The summed E-state index contributed by atoms with van der Waals surface area (Å²) >= 11 is 0. The summed E-state index contributed by atoms with van der Waals surface area (Å²) in [6, 6.07) is 5.19. The molecule has 0 radical (unpaired) electrons. The van der Waals surface area contributed by atoms with Crippen molar-refractivity contribution in [2.75, 3.05) is 18.0 Å². The third kappa shape index (κ3) is 2.73. The Morgan fingerprint density at radius 3 is 2.55 bits per heavy atom. The van der Waals surface area contributed by atoms with Gasteiger partial charge in [-0.2, -0.15) is 18.4 Å². The molecule has 2 rings (SSSR count). The monoisotopic (exact) mass is 284 g/mol. The van der Waals surface area contributed by atoms with E-state index in [1.807, 2.05) is 6.92 Å². The number of nitrogens with zero attached hydrogens (tertiary/aromatic N) is 2. The molecule has 0 atom stereocenters. The second-order valence-electron chi connectivity index (χ2n) is 5.17. The van der Waals surface area contributed by atoms with Gasteiger partial charge in [-0.15, -0.1) is 0 Å². The van der Waals surface area contributed by atoms with E-state index in [0.717, 1.165) is 12.5 Å². The number of alkyl halides is 3. The van der Waals surface area contributed by atoms with Gasteiger partial charge in [-0.05, 0) is 24.6 Å². The van der Waals surface area contributed by atoms with Gasteiger partial charge in [0, 0.05) is 18.8 Å². The summed E-state index contributed by atoms with van der Waals surface area (Å²) < 4.78 is 38.6. The van der Waals surface area contributed by atoms with Crippen LogP contribution in [0.15, 0.2) is 18.2 Å². The van der Waals surface area contributed by atoms with Gasteiger partial charge in [0.05, 0.1) is 22.8 Å². The van der Waals surface area contributed by atoms with Crippen LogP contribution in [0.3, 0.4) is 0 Å². The molecule has 1 fully saturated rings. The molecule has 0 unspecified atom stereocenters. The minimum absolute atomic E-state index is 0.323. The maximum absolute atomic E-state index is 12.9. The molecule has 20 heavy (non-hydrogen) atoms. The molecule has 0 aliphatic carbocycles. The highest BCUT2D eigenvalue weighted by Crippen LogP contribution is 2.37. The molecule has 1 aliphatic rings. The Morgan fingerprint density at radius 2 is 2.05 bits per heavy atom. The molecule has 0 saturated carbocycles. The van der Waals surface area contributed by atoms with E-state index in [1.54, 1.807) is 11.0 Å². The zero-order chi connectivity index (χ0) is 15.0. The quantitative estimate of drug-likeness (QED) is 0.928. The Labute approximate surface area is 115 Å². The average molecular weight is 284 g/mol. The fourth-order valence-corrected chi connectivity index (χ4v) is 2.53. The molecule has 1 aromatic carbocycles. The molecule has 1 aromatic rings. The molecule has 1 N–H and O–H groups in total. The first-order valence-corrected chi connectivity index (χ1v) is 6.38. The van der Waals surface area contributed by atoms with Gasteiger partial charge >= 0.3 is 6.18 Å². The molecular weight excluding hydrogens is 269 g/mol. The van der Waals surface area contributed by atoms with Gasteiger partial charge in [-0.1, -0.05) is 13.3 Å². The second-order valence-corrected chi connectivity index (χ2v) is 5.17. The number of rotatable bonds is 3. The van der Waals surface area contributed by atoms with E-state index in [1.165, 1.54) is 12.1 Å². The van der Waals surface area contributed by atoms with E-state index >= 15 is 0 Å². The summed E-state index contributed by atoms with van der Waals surface area (Å²) in [4.78, 5) is 1.69. The van der Waals surface area contributed by atoms with Crippen LogP contribution in [0.5, 0.6) is 0 Å². The van der Waals surface area contributed by atoms with Crippen LogP contribution in [0.4, 0.5) is 18.9 Å². The Morgan fingerprint density at radius 1 is 1.40 bits per heavy atom. The van der Waals surface area contributed by atoms with Gasteiger partial charge in [-0.25, -0.2) is 0 Å². The van der Waals surface area contributed by atoms with Crippen molar-refractivity contribution in [2.45, 2.75) is 31.5 Å². The van der Waals surface area contributed by atoms with Gasteiger partial charge in [-0.3, -0.25) is 0 Å². The summed E-state index contributed by atoms with van der Waals surface area (Å²) in [5.41, 5.74) is -1.73. The van der Waals surface area contributed by atoms with Crippen molar-refractivity contribution < 1.29 is 18.3 Å². The summed E-state index contributed by atoms with van der Waals surface area (Å²) in [5.74, 6) is 0. The van der Waals surface area contributed by atoms with E-state index < -0.39 is 17.3 Å². The fraction of sp³-hybridized carbons (Fsp3) is 0.500. The van der Waals surface area contributed by atoms with Crippen molar-refractivity contribution in [1.82, 2.24) is 0 Å². The van der Waals surface area contributed by atoms with Crippen LogP contribution in [0.1, 0.15) is 30.9 Å². The standard InChI is InChI=1S/C14H15F3N2O/c1-2-5-13(20)8-19(9-13)11-4-3-10(7-18)12(6-11)14(15,16)17/h3-4,6,20H,2,5,8-9H2,1H3. The smallest absolute Gasteiger partial charge is 0.386 e. The minimum Gasteiger partial charge on any atom is -0.386 e. The lowest BCUT2D eigenvalue weighted by Crippen LogP contribution is -2.62. The second kappa shape index (κ2) is 4.98. The summed E-state index contributed by atoms with van der Waals surface area (Å²) in [7, 11) is 0. The Balaban J connectivity index is 2.22. The van der Waals surface area contributed by atoms with E-state index in [9.17, 15) is 18.3 Å². The summed E-state index contributed by atoms with van der Waals surface area (Å²) in [6.07, 6.45) is -3.09. The normalized spacial score (nSPS) is 17.5. The molecule has 1 saturated heterocycles. The van der Waals surface area contributed by atoms with Crippen molar-refractivity contribution in [1.29, 1.82) is 5.26 Å². The van der Waals surface area contributed by atoms with E-state index in [0.29, 0.717) is 25.2 Å². The lowest BCUT2D eigenvalue weighted by atomic mass is 9.88. The maximum Gasteiger partial charge on any atom is 0.417 e. The highest BCUT2D eigenvalue weighted by Gasteiger charge is 2.41. The largest absolute Gasteiger partial charge is 0.417 e. The molecular formula is C14H15F3N2O. The molecule has 0 amide bonds. The van der Waals surface area contributed by atoms with Crippen LogP contribution in [-0.4, -0.2) is 23.8 Å². The van der Waals surface area contributed by atoms with Gasteiger partial charge < -0.3 is 10.0 Å². The third-order valence-electron chi connectivity index (χ3n) is 3.48. The molecule has 0 aromatic heterocycles. The molecule has 6 heteroatoms. The minimum atomic E-state index is -4.55. The number of aliphatic hydroxyl groups is 1. The van der Waals surface area contributed by atoms with Gasteiger partial charge in [0.15, 0.2) is 0 Å². The maximum atomic E-state index is 12.9. The van der Waals surface area contributed by atoms with Gasteiger partial charge in [0.1, 0.15) is 0 Å². The van der Waals surface area contributed by atoms with Gasteiger partial charge in [0.25, 0.3) is 0 Å². The first-order chi connectivity index (χ1) is 9.29. The van der Waals surface area contributed by atoms with Crippen molar-refractivity contribution in [2.24, 2.45) is 0 Å². The van der Waals surface area contributed by atoms with Crippen molar-refractivity contribution >= 4 is 5.69 Å². The lowest BCUT2D eigenvalue weighted by Gasteiger charge is -2.48. The third-order valence-corrected chi connectivity index (χ3v) is 3.48. The number of anilines is 1. The number of benzene rings is 1. The molecule has 1 heterocycles. The highest BCUT2D eigenvalue weighted by molar-refractivity contribution is 5.57. The number of halogens is 3. The van der Waals surface area contributed by atoms with Crippen LogP contribution in [0, 0.1) is 11.3 Å². The predicted octanol–water partition coefficient (Wildman–Crippen LogP) is 2.93. The number of nitriles is 1. The average Bonchev–Trinajstić information content (AvgIpc) is 2.34. The van der Waals surface area contributed by atoms with Crippen molar-refractivity contribution in [3.8, 4) is 6.07 Å². The molecule has 0 spiro atoms. The molecule has 1 aliphatic heterocycles. The Hall–Kier alpha value is -1.74. The number of hydrogen-bond donors (Lipinski definition) is 1. The first kappa shape index (κ1) is 14.7. The van der Waals surface area contributed by atoms with Crippen LogP contribution < -0.4 is 4.90 Å². The van der Waals surface area contributed by atoms with E-state index in [-0.39, 0.29) is 5.56 Å². The van der Waals surface area contributed by atoms with Crippen molar-refractivity contribution in [3.63, 3.8) is 0 Å². The SMILES string of the molecule is CCCC1(O)CN(c2ccc(C#N)c(C(F)(F)F)c2)C1. The van der Waals surface area contributed by atoms with Crippen LogP contribution >= 0.6 is 0 Å². The van der Waals surface area contributed by atoms with E-state index in [2.05, 4.69) is 0 Å².